The lowest BCUT2D eigenvalue weighted by Crippen LogP contribution is -2.57. The summed E-state index contributed by atoms with van der Waals surface area (Å²) in [6, 6.07) is 3.47. The molecule has 13 nitrogen and oxygen atoms in total. The van der Waals surface area contributed by atoms with Crippen molar-refractivity contribution in [1.29, 1.82) is 0 Å². The molecule has 1 unspecified atom stereocenters. The standard InChI is InChI=1S/C34H44BrN5O8S/c1-19(2)47-28-16-27(23-13-14-26(46-3)29(35)30(23)37-28)48-21-15-25-31(41)38-34(33(43)39-49(44,45)22-11-12-22)17-20(34)9-7-5-4-6-8-10-24(36)32(42)40(25)18-21/h7,9,13-14,16,19-22,24-25H,4-6,8,10-12,15,17-18,36H2,1-3H3,(H,38,41)(H,39,43)/b9-7-/t20?,21-,24+,25+,34-/m1/s1. The summed E-state index contributed by atoms with van der Waals surface area (Å²) in [6.07, 6.45) is 8.14. The molecule has 0 radical (unpaired) electrons. The van der Waals surface area contributed by atoms with E-state index in [-0.39, 0.29) is 37.3 Å². The summed E-state index contributed by atoms with van der Waals surface area (Å²) in [7, 11) is -2.29. The average Bonchev–Trinajstić information content (AvgIpc) is 3.97. The molecule has 4 N–H and O–H groups in total. The number of rotatable bonds is 8. The number of allylic oxidation sites excluding steroid dienone is 1. The summed E-state index contributed by atoms with van der Waals surface area (Å²) in [5.41, 5.74) is 5.52. The van der Waals surface area contributed by atoms with E-state index in [1.54, 1.807) is 19.2 Å². The van der Waals surface area contributed by atoms with E-state index in [9.17, 15) is 22.8 Å². The lowest BCUT2D eigenvalue weighted by Gasteiger charge is -2.28. The average molecular weight is 763 g/mol. The van der Waals surface area contributed by atoms with E-state index in [2.05, 4.69) is 31.0 Å². The Bertz CT molecular complexity index is 1770. The Morgan fingerprint density at radius 1 is 1.16 bits per heavy atom. The molecule has 6 rings (SSSR count). The molecule has 3 heterocycles. The number of fused-ring (bicyclic) bond motifs is 3. The highest BCUT2D eigenvalue weighted by Gasteiger charge is 2.62. The lowest BCUT2D eigenvalue weighted by atomic mass is 10.1. The fourth-order valence-electron chi connectivity index (χ4n) is 6.67. The molecule has 3 fully saturated rings. The molecule has 1 aromatic heterocycles. The van der Waals surface area contributed by atoms with Crippen LogP contribution in [0.25, 0.3) is 10.9 Å². The van der Waals surface area contributed by atoms with Crippen molar-refractivity contribution in [3.63, 3.8) is 0 Å². The van der Waals surface area contributed by atoms with E-state index in [1.165, 1.54) is 4.90 Å². The van der Waals surface area contributed by atoms with Gasteiger partial charge in [-0.2, -0.15) is 0 Å². The molecule has 0 bridgehead atoms. The van der Waals surface area contributed by atoms with Crippen molar-refractivity contribution >= 4 is 54.6 Å². The molecule has 49 heavy (non-hydrogen) atoms. The van der Waals surface area contributed by atoms with Crippen molar-refractivity contribution in [2.24, 2.45) is 11.7 Å². The predicted molar refractivity (Wildman–Crippen MR) is 186 cm³/mol. The van der Waals surface area contributed by atoms with Crippen LogP contribution in [0.2, 0.25) is 0 Å². The predicted octanol–water partition coefficient (Wildman–Crippen LogP) is 3.47. The fourth-order valence-corrected chi connectivity index (χ4v) is 8.63. The third-order valence-electron chi connectivity index (χ3n) is 9.58. The van der Waals surface area contributed by atoms with Crippen LogP contribution in [0.3, 0.4) is 0 Å². The maximum atomic E-state index is 14.1. The zero-order valence-corrected chi connectivity index (χ0v) is 30.3. The highest BCUT2D eigenvalue weighted by atomic mass is 79.9. The largest absolute Gasteiger partial charge is 0.495 e. The van der Waals surface area contributed by atoms with Gasteiger partial charge >= 0.3 is 0 Å². The number of carbonyl (C=O) groups is 3. The Hall–Kier alpha value is -3.43. The minimum Gasteiger partial charge on any atom is -0.495 e. The molecule has 2 saturated carbocycles. The van der Waals surface area contributed by atoms with Gasteiger partial charge in [0.25, 0.3) is 5.91 Å². The molecule has 3 amide bonds. The number of benzene rings is 1. The second-order valence-electron chi connectivity index (χ2n) is 13.7. The molecule has 15 heteroatoms. The molecular formula is C34H44BrN5O8S. The summed E-state index contributed by atoms with van der Waals surface area (Å²) in [6.45, 7) is 3.85. The first-order chi connectivity index (χ1) is 23.3. The van der Waals surface area contributed by atoms with E-state index >= 15 is 0 Å². The van der Waals surface area contributed by atoms with Crippen molar-refractivity contribution < 1.29 is 37.0 Å². The number of hydrogen-bond acceptors (Lipinski definition) is 10. The zero-order valence-electron chi connectivity index (χ0n) is 27.9. The second-order valence-corrected chi connectivity index (χ2v) is 16.5. The van der Waals surface area contributed by atoms with Crippen LogP contribution in [0.1, 0.15) is 71.6 Å². The van der Waals surface area contributed by atoms with Gasteiger partial charge in [-0.3, -0.25) is 19.1 Å². The van der Waals surface area contributed by atoms with Gasteiger partial charge in [-0.1, -0.05) is 25.0 Å². The van der Waals surface area contributed by atoms with E-state index in [1.807, 2.05) is 32.1 Å². The van der Waals surface area contributed by atoms with Gasteiger partial charge in [-0.25, -0.2) is 13.4 Å². The number of aromatic nitrogens is 1. The van der Waals surface area contributed by atoms with Crippen LogP contribution in [0.5, 0.6) is 17.4 Å². The van der Waals surface area contributed by atoms with Crippen LogP contribution in [-0.4, -0.2) is 84.8 Å². The SMILES string of the molecule is COc1ccc2c(O[C@@H]3C[C@H]4C(=O)N[C@]5(C(=O)NS(=O)(=O)C6CC6)CC5/C=C\CCCCC[C@H](N)C(=O)N4C3)cc(OC(C)C)nc2c1Br. The summed E-state index contributed by atoms with van der Waals surface area (Å²) in [4.78, 5) is 47.7. The topological polar surface area (TPSA) is 179 Å². The van der Waals surface area contributed by atoms with Crippen LogP contribution in [-0.2, 0) is 24.4 Å². The molecule has 0 spiro atoms. The van der Waals surface area contributed by atoms with Crippen LogP contribution in [0, 0.1) is 5.92 Å². The number of ether oxygens (including phenoxy) is 3. The molecule has 4 aliphatic rings. The third-order valence-corrected chi connectivity index (χ3v) is 12.2. The smallest absolute Gasteiger partial charge is 0.259 e. The van der Waals surface area contributed by atoms with Gasteiger partial charge in [0.05, 0.1) is 41.0 Å². The van der Waals surface area contributed by atoms with Crippen LogP contribution in [0.4, 0.5) is 0 Å². The first kappa shape index (κ1) is 35.4. The number of halogens is 1. The maximum Gasteiger partial charge on any atom is 0.259 e. The molecular weight excluding hydrogens is 718 g/mol. The minimum atomic E-state index is -3.85. The highest BCUT2D eigenvalue weighted by molar-refractivity contribution is 9.10. The van der Waals surface area contributed by atoms with Crippen LogP contribution in [0.15, 0.2) is 34.8 Å². The molecule has 2 aromatic rings. The number of nitrogens with zero attached hydrogens (tertiary/aromatic N) is 2. The first-order valence-electron chi connectivity index (χ1n) is 16.9. The van der Waals surface area contributed by atoms with Crippen molar-refractivity contribution in [2.75, 3.05) is 13.7 Å². The number of amides is 3. The number of nitrogens with one attached hydrogen (secondary N) is 2. The van der Waals surface area contributed by atoms with Gasteiger partial charge < -0.3 is 30.2 Å². The molecule has 1 aromatic carbocycles. The van der Waals surface area contributed by atoms with Gasteiger partial charge in [0.2, 0.25) is 27.7 Å². The summed E-state index contributed by atoms with van der Waals surface area (Å²) in [5, 5.41) is 2.95. The molecule has 1 saturated heterocycles. The number of carbonyl (C=O) groups excluding carboxylic acids is 3. The van der Waals surface area contributed by atoms with Crippen molar-refractivity contribution in [2.45, 2.75) is 107 Å². The summed E-state index contributed by atoms with van der Waals surface area (Å²) in [5.74, 6) is -0.723. The Labute approximate surface area is 294 Å². The summed E-state index contributed by atoms with van der Waals surface area (Å²) >= 11 is 3.58. The van der Waals surface area contributed by atoms with Gasteiger partial charge in [0, 0.05) is 23.8 Å². The Morgan fingerprint density at radius 2 is 1.94 bits per heavy atom. The molecule has 2 aliphatic carbocycles. The second kappa shape index (κ2) is 14.1. The number of sulfonamides is 1. The van der Waals surface area contributed by atoms with Crippen LogP contribution < -0.4 is 30.0 Å². The Balaban J connectivity index is 1.31. The van der Waals surface area contributed by atoms with Crippen LogP contribution >= 0.6 is 15.9 Å². The minimum absolute atomic E-state index is 0.0741. The van der Waals surface area contributed by atoms with E-state index in [0.29, 0.717) is 52.0 Å². The van der Waals surface area contributed by atoms with Gasteiger partial charge in [-0.15, -0.1) is 0 Å². The fraction of sp³-hybridized carbons (Fsp3) is 0.588. The maximum absolute atomic E-state index is 14.1. The lowest BCUT2D eigenvalue weighted by molar-refractivity contribution is -0.140. The normalized spacial score (nSPS) is 28.5. The Kier molecular flexibility index (Phi) is 10.2. The first-order valence-corrected chi connectivity index (χ1v) is 19.3. The van der Waals surface area contributed by atoms with Gasteiger partial charge in [-0.05, 0) is 80.4 Å². The van der Waals surface area contributed by atoms with E-state index < -0.39 is 50.8 Å². The third kappa shape index (κ3) is 7.53. The summed E-state index contributed by atoms with van der Waals surface area (Å²) < 4.78 is 46.3. The number of hydrogen-bond donors (Lipinski definition) is 3. The number of methoxy groups -OCH3 is 1. The van der Waals surface area contributed by atoms with E-state index in [0.717, 1.165) is 25.7 Å². The van der Waals surface area contributed by atoms with Crippen molar-refractivity contribution in [3.05, 3.63) is 34.8 Å². The molecule has 2 aliphatic heterocycles. The quantitative estimate of drug-likeness (QED) is 0.338. The van der Waals surface area contributed by atoms with Crippen molar-refractivity contribution in [3.8, 4) is 17.4 Å². The molecule has 5 atom stereocenters. The van der Waals surface area contributed by atoms with Gasteiger partial charge in [0.15, 0.2) is 0 Å². The zero-order chi connectivity index (χ0) is 35.1. The van der Waals surface area contributed by atoms with Gasteiger partial charge in [0.1, 0.15) is 29.2 Å². The number of pyridine rings is 1. The van der Waals surface area contributed by atoms with E-state index in [4.69, 9.17) is 19.9 Å². The molecule has 266 valence electrons. The Morgan fingerprint density at radius 3 is 2.65 bits per heavy atom. The van der Waals surface area contributed by atoms with Crippen molar-refractivity contribution in [1.82, 2.24) is 19.9 Å². The highest BCUT2D eigenvalue weighted by Crippen LogP contribution is 2.46. The monoisotopic (exact) mass is 761 g/mol. The number of nitrogens with two attached hydrogens (primary N) is 1.